The van der Waals surface area contributed by atoms with Crippen LogP contribution in [0, 0.1) is 0 Å². The number of ether oxygens (including phenoxy) is 1. The van der Waals surface area contributed by atoms with Crippen LogP contribution in [0.1, 0.15) is 24.2 Å². The zero-order valence-corrected chi connectivity index (χ0v) is 13.6. The number of rotatable bonds is 6. The second kappa shape index (κ2) is 8.60. The molecule has 0 spiro atoms. The third-order valence-electron chi connectivity index (χ3n) is 2.38. The summed E-state index contributed by atoms with van der Waals surface area (Å²) in [6, 6.07) is 4.34. The first kappa shape index (κ1) is 18.3. The molecule has 0 bridgehead atoms. The summed E-state index contributed by atoms with van der Waals surface area (Å²) in [4.78, 5) is 34.6. The monoisotopic (exact) mass is 346 g/mol. The van der Waals surface area contributed by atoms with Gasteiger partial charge >= 0.3 is 5.97 Å². The second-order valence-corrected chi connectivity index (χ2v) is 5.53. The fourth-order valence-corrected chi connectivity index (χ4v) is 1.98. The molecule has 0 heterocycles. The molecule has 0 atom stereocenters. The van der Waals surface area contributed by atoms with Crippen molar-refractivity contribution >= 4 is 41.0 Å². The van der Waals surface area contributed by atoms with Crippen molar-refractivity contribution in [1.29, 1.82) is 0 Å². The molecule has 0 fully saturated rings. The predicted molar refractivity (Wildman–Crippen MR) is 83.0 cm³/mol. The quantitative estimate of drug-likeness (QED) is 0.769. The van der Waals surface area contributed by atoms with Gasteiger partial charge in [-0.25, -0.2) is 0 Å². The molecule has 2 amide bonds. The van der Waals surface area contributed by atoms with Crippen LogP contribution in [0.3, 0.4) is 0 Å². The van der Waals surface area contributed by atoms with Crippen LogP contribution < -0.4 is 10.6 Å². The molecule has 1 aromatic rings. The van der Waals surface area contributed by atoms with E-state index in [1.165, 1.54) is 18.2 Å². The lowest BCUT2D eigenvalue weighted by molar-refractivity contribution is -0.147. The first-order valence-corrected chi connectivity index (χ1v) is 7.23. The summed E-state index contributed by atoms with van der Waals surface area (Å²) >= 11 is 11.6. The molecule has 0 saturated heterocycles. The molecule has 1 aromatic carbocycles. The molecule has 1 rings (SSSR count). The van der Waals surface area contributed by atoms with E-state index < -0.39 is 24.4 Å². The Morgan fingerprint density at radius 1 is 1.23 bits per heavy atom. The Labute approximate surface area is 138 Å². The standard InChI is InChI=1S/C14H16Cl2N2O4/c1-8(2)18-12(19)7-22-13(20)6-17-14(21)10-4-3-9(15)5-11(10)16/h3-5,8H,6-7H2,1-2H3,(H,17,21)(H,18,19). The Kier molecular flexibility index (Phi) is 7.14. The van der Waals surface area contributed by atoms with Crippen molar-refractivity contribution in [2.24, 2.45) is 0 Å². The van der Waals surface area contributed by atoms with E-state index in [1.807, 2.05) is 0 Å². The molecule has 2 N–H and O–H groups in total. The first-order valence-electron chi connectivity index (χ1n) is 6.48. The molecule has 0 saturated carbocycles. The Bertz CT molecular complexity index is 576. The van der Waals surface area contributed by atoms with Crippen LogP contribution in [0.25, 0.3) is 0 Å². The van der Waals surface area contributed by atoms with Crippen molar-refractivity contribution < 1.29 is 19.1 Å². The maximum absolute atomic E-state index is 11.8. The van der Waals surface area contributed by atoms with Crippen molar-refractivity contribution in [2.45, 2.75) is 19.9 Å². The Morgan fingerprint density at radius 3 is 2.50 bits per heavy atom. The van der Waals surface area contributed by atoms with Gasteiger partial charge in [-0.15, -0.1) is 0 Å². The molecule has 22 heavy (non-hydrogen) atoms. The summed E-state index contributed by atoms with van der Waals surface area (Å²) in [5, 5.41) is 5.49. The molecule has 0 unspecified atom stereocenters. The maximum Gasteiger partial charge on any atom is 0.325 e. The summed E-state index contributed by atoms with van der Waals surface area (Å²) in [6.07, 6.45) is 0. The zero-order valence-electron chi connectivity index (χ0n) is 12.1. The average molecular weight is 347 g/mol. The van der Waals surface area contributed by atoms with E-state index in [1.54, 1.807) is 13.8 Å². The summed E-state index contributed by atoms with van der Waals surface area (Å²) in [7, 11) is 0. The third-order valence-corrected chi connectivity index (χ3v) is 2.93. The maximum atomic E-state index is 11.8. The number of amides is 2. The number of nitrogens with one attached hydrogen (secondary N) is 2. The van der Waals surface area contributed by atoms with E-state index in [-0.39, 0.29) is 23.2 Å². The number of hydrogen-bond donors (Lipinski definition) is 2. The molecule has 0 radical (unpaired) electrons. The van der Waals surface area contributed by atoms with Gasteiger partial charge in [0, 0.05) is 11.1 Å². The van der Waals surface area contributed by atoms with Crippen LogP contribution >= 0.6 is 23.2 Å². The molecule has 0 aliphatic rings. The Morgan fingerprint density at radius 2 is 1.91 bits per heavy atom. The summed E-state index contributed by atoms with van der Waals surface area (Å²) in [5.41, 5.74) is 0.191. The smallest absolute Gasteiger partial charge is 0.325 e. The van der Waals surface area contributed by atoms with E-state index >= 15 is 0 Å². The topological polar surface area (TPSA) is 84.5 Å². The first-order chi connectivity index (χ1) is 10.3. The van der Waals surface area contributed by atoms with Crippen molar-refractivity contribution in [3.8, 4) is 0 Å². The van der Waals surface area contributed by atoms with E-state index in [0.29, 0.717) is 5.02 Å². The Hall–Kier alpha value is -1.79. The Balaban J connectivity index is 2.40. The molecular weight excluding hydrogens is 331 g/mol. The zero-order chi connectivity index (χ0) is 16.7. The van der Waals surface area contributed by atoms with Crippen LogP contribution in [0.4, 0.5) is 0 Å². The van der Waals surface area contributed by atoms with Gasteiger partial charge in [0.2, 0.25) is 0 Å². The van der Waals surface area contributed by atoms with Crippen molar-refractivity contribution in [1.82, 2.24) is 10.6 Å². The van der Waals surface area contributed by atoms with Gasteiger partial charge in [0.1, 0.15) is 6.54 Å². The third kappa shape index (κ3) is 6.32. The largest absolute Gasteiger partial charge is 0.454 e. The van der Waals surface area contributed by atoms with E-state index in [9.17, 15) is 14.4 Å². The second-order valence-electron chi connectivity index (χ2n) is 4.69. The van der Waals surface area contributed by atoms with Crippen molar-refractivity contribution in [2.75, 3.05) is 13.2 Å². The van der Waals surface area contributed by atoms with Crippen molar-refractivity contribution in [3.63, 3.8) is 0 Å². The summed E-state index contributed by atoms with van der Waals surface area (Å²) in [5.74, 6) is -1.67. The van der Waals surface area contributed by atoms with Gasteiger partial charge in [0.05, 0.1) is 10.6 Å². The van der Waals surface area contributed by atoms with Crippen molar-refractivity contribution in [3.05, 3.63) is 33.8 Å². The van der Waals surface area contributed by atoms with Crippen LogP contribution in [0.5, 0.6) is 0 Å². The minimum atomic E-state index is -0.725. The SMILES string of the molecule is CC(C)NC(=O)COC(=O)CNC(=O)c1ccc(Cl)cc1Cl. The average Bonchev–Trinajstić information content (AvgIpc) is 2.41. The van der Waals surface area contributed by atoms with Gasteiger partial charge in [0.25, 0.3) is 11.8 Å². The van der Waals surface area contributed by atoms with Gasteiger partial charge in [-0.05, 0) is 32.0 Å². The molecule has 8 heteroatoms. The number of benzene rings is 1. The summed E-state index contributed by atoms with van der Waals surface area (Å²) < 4.78 is 4.72. The van der Waals surface area contributed by atoms with Gasteiger partial charge in [0.15, 0.2) is 6.61 Å². The van der Waals surface area contributed by atoms with E-state index in [0.717, 1.165) is 0 Å². The van der Waals surface area contributed by atoms with Crippen LogP contribution in [0.15, 0.2) is 18.2 Å². The van der Waals surface area contributed by atoms with Crippen LogP contribution in [-0.2, 0) is 14.3 Å². The lowest BCUT2D eigenvalue weighted by Crippen LogP contribution is -2.36. The van der Waals surface area contributed by atoms with Gasteiger partial charge in [-0.1, -0.05) is 23.2 Å². The molecular formula is C14H16Cl2N2O4. The highest BCUT2D eigenvalue weighted by molar-refractivity contribution is 6.36. The minimum absolute atomic E-state index is 0.0436. The lowest BCUT2D eigenvalue weighted by atomic mass is 10.2. The van der Waals surface area contributed by atoms with E-state index in [2.05, 4.69) is 10.6 Å². The number of halogens is 2. The fraction of sp³-hybridized carbons (Fsp3) is 0.357. The van der Waals surface area contributed by atoms with Gasteiger partial charge in [-0.2, -0.15) is 0 Å². The molecule has 0 aromatic heterocycles. The lowest BCUT2D eigenvalue weighted by Gasteiger charge is -2.09. The molecule has 6 nitrogen and oxygen atoms in total. The predicted octanol–water partition coefficient (Wildman–Crippen LogP) is 1.79. The number of carbonyl (C=O) groups excluding carboxylic acids is 3. The molecule has 120 valence electrons. The van der Waals surface area contributed by atoms with Gasteiger partial charge in [-0.3, -0.25) is 14.4 Å². The highest BCUT2D eigenvalue weighted by Crippen LogP contribution is 2.20. The highest BCUT2D eigenvalue weighted by Gasteiger charge is 2.13. The number of esters is 1. The minimum Gasteiger partial charge on any atom is -0.454 e. The van der Waals surface area contributed by atoms with Gasteiger partial charge < -0.3 is 15.4 Å². The van der Waals surface area contributed by atoms with E-state index in [4.69, 9.17) is 27.9 Å². The number of hydrogen-bond acceptors (Lipinski definition) is 4. The highest BCUT2D eigenvalue weighted by atomic mass is 35.5. The molecule has 0 aliphatic carbocycles. The fourth-order valence-electron chi connectivity index (χ4n) is 1.48. The van der Waals surface area contributed by atoms with Crippen LogP contribution in [0.2, 0.25) is 10.0 Å². The number of carbonyl (C=O) groups is 3. The normalized spacial score (nSPS) is 10.2. The van der Waals surface area contributed by atoms with Crippen LogP contribution in [-0.4, -0.2) is 37.0 Å². The molecule has 0 aliphatic heterocycles. The summed E-state index contributed by atoms with van der Waals surface area (Å²) in [6.45, 7) is 2.81.